The molecule has 2 aliphatic heterocycles. The maximum Gasteiger partial charge on any atom is 0.0622 e. The molecule has 3 atom stereocenters. The summed E-state index contributed by atoms with van der Waals surface area (Å²) in [5, 5.41) is 3.64. The summed E-state index contributed by atoms with van der Waals surface area (Å²) in [6.45, 7) is 10.1. The molecule has 0 bridgehead atoms. The van der Waals surface area contributed by atoms with Gasteiger partial charge in [-0.15, -0.1) is 0 Å². The zero-order valence-corrected chi connectivity index (χ0v) is 10.0. The highest BCUT2D eigenvalue weighted by atomic mass is 16.5. The smallest absolute Gasteiger partial charge is 0.0622 e. The zero-order valence-electron chi connectivity index (χ0n) is 10.0. The Kier molecular flexibility index (Phi) is 4.00. The van der Waals surface area contributed by atoms with Crippen LogP contribution in [0.15, 0.2) is 0 Å². The summed E-state index contributed by atoms with van der Waals surface area (Å²) in [5.41, 5.74) is 0. The van der Waals surface area contributed by atoms with Gasteiger partial charge in [-0.25, -0.2) is 0 Å². The predicted molar refractivity (Wildman–Crippen MR) is 62.0 cm³/mol. The lowest BCUT2D eigenvalue weighted by atomic mass is 9.96. The van der Waals surface area contributed by atoms with E-state index in [1.165, 1.54) is 25.9 Å². The quantitative estimate of drug-likeness (QED) is 0.758. The predicted octanol–water partition coefficient (Wildman–Crippen LogP) is 1.10. The molecule has 3 nitrogen and oxygen atoms in total. The number of hydrogen-bond donors (Lipinski definition) is 1. The van der Waals surface area contributed by atoms with Crippen molar-refractivity contribution in [2.24, 2.45) is 5.92 Å². The van der Waals surface area contributed by atoms with Gasteiger partial charge in [-0.05, 0) is 12.3 Å². The van der Waals surface area contributed by atoms with Gasteiger partial charge in [-0.2, -0.15) is 0 Å². The summed E-state index contributed by atoms with van der Waals surface area (Å²) in [4.78, 5) is 2.63. The monoisotopic (exact) mass is 212 g/mol. The molecule has 1 N–H and O–H groups in total. The number of rotatable bonds is 3. The number of piperazine rings is 1. The van der Waals surface area contributed by atoms with E-state index in [0.29, 0.717) is 12.1 Å². The normalized spacial score (nSPS) is 35.6. The molecule has 2 rings (SSSR count). The topological polar surface area (TPSA) is 24.5 Å². The molecule has 2 saturated heterocycles. The van der Waals surface area contributed by atoms with Crippen molar-refractivity contribution in [2.45, 2.75) is 38.8 Å². The highest BCUT2D eigenvalue weighted by Gasteiger charge is 2.29. The molecule has 2 heterocycles. The highest BCUT2D eigenvalue weighted by Crippen LogP contribution is 2.18. The van der Waals surface area contributed by atoms with Gasteiger partial charge in [0.2, 0.25) is 0 Å². The van der Waals surface area contributed by atoms with Crippen molar-refractivity contribution in [1.82, 2.24) is 10.2 Å². The summed E-state index contributed by atoms with van der Waals surface area (Å²) >= 11 is 0. The van der Waals surface area contributed by atoms with Gasteiger partial charge < -0.3 is 10.1 Å². The van der Waals surface area contributed by atoms with Crippen molar-refractivity contribution < 1.29 is 4.74 Å². The molecule has 0 aromatic heterocycles. The average molecular weight is 212 g/mol. The van der Waals surface area contributed by atoms with Crippen LogP contribution < -0.4 is 5.32 Å². The first kappa shape index (κ1) is 11.4. The van der Waals surface area contributed by atoms with Crippen LogP contribution in [0, 0.1) is 5.92 Å². The van der Waals surface area contributed by atoms with Crippen molar-refractivity contribution >= 4 is 0 Å². The van der Waals surface area contributed by atoms with Crippen LogP contribution in [0.4, 0.5) is 0 Å². The van der Waals surface area contributed by atoms with Gasteiger partial charge in [-0.1, -0.05) is 20.3 Å². The van der Waals surface area contributed by atoms with Crippen LogP contribution in [0.2, 0.25) is 0 Å². The van der Waals surface area contributed by atoms with Crippen molar-refractivity contribution in [3.05, 3.63) is 0 Å². The maximum atomic E-state index is 5.47. The largest absolute Gasteiger partial charge is 0.380 e. The van der Waals surface area contributed by atoms with E-state index in [1.54, 1.807) is 0 Å². The molecule has 0 amide bonds. The van der Waals surface area contributed by atoms with Gasteiger partial charge in [0.05, 0.1) is 6.61 Å². The molecule has 0 aromatic carbocycles. The third kappa shape index (κ3) is 2.71. The van der Waals surface area contributed by atoms with E-state index in [9.17, 15) is 0 Å². The Labute approximate surface area is 93.2 Å². The van der Waals surface area contributed by atoms with Gasteiger partial charge in [0, 0.05) is 38.3 Å². The number of ether oxygens (including phenoxy) is 1. The summed E-state index contributed by atoms with van der Waals surface area (Å²) in [7, 11) is 0. The fourth-order valence-electron chi connectivity index (χ4n) is 2.61. The second-order valence-corrected chi connectivity index (χ2v) is 4.96. The van der Waals surface area contributed by atoms with Crippen LogP contribution in [0.1, 0.15) is 26.7 Å². The Balaban J connectivity index is 1.86. The zero-order chi connectivity index (χ0) is 10.7. The minimum Gasteiger partial charge on any atom is -0.380 e. The maximum absolute atomic E-state index is 5.47. The fraction of sp³-hybridized carbons (Fsp3) is 1.00. The Morgan fingerprint density at radius 2 is 2.40 bits per heavy atom. The molecule has 0 spiro atoms. The van der Waals surface area contributed by atoms with Crippen molar-refractivity contribution in [1.29, 1.82) is 0 Å². The molecule has 0 radical (unpaired) electrons. The minimum absolute atomic E-state index is 0.685. The molecular weight excluding hydrogens is 188 g/mol. The molecule has 2 aliphatic rings. The highest BCUT2D eigenvalue weighted by molar-refractivity contribution is 4.86. The van der Waals surface area contributed by atoms with Gasteiger partial charge in [0.1, 0.15) is 0 Å². The van der Waals surface area contributed by atoms with Gasteiger partial charge in [0.15, 0.2) is 0 Å². The van der Waals surface area contributed by atoms with Crippen molar-refractivity contribution in [3.63, 3.8) is 0 Å². The molecule has 0 aliphatic carbocycles. The molecule has 88 valence electrons. The van der Waals surface area contributed by atoms with Gasteiger partial charge in [0.25, 0.3) is 0 Å². The SMILES string of the molecule is CCC(C)C1CN(C2CCOC2)CCN1. The third-order valence-corrected chi connectivity index (χ3v) is 3.99. The number of nitrogens with one attached hydrogen (secondary N) is 1. The Hall–Kier alpha value is -0.120. The second-order valence-electron chi connectivity index (χ2n) is 4.96. The molecule has 15 heavy (non-hydrogen) atoms. The molecular formula is C12H24N2O. The Morgan fingerprint density at radius 1 is 1.53 bits per heavy atom. The molecule has 0 aromatic rings. The number of hydrogen-bond acceptors (Lipinski definition) is 3. The number of nitrogens with zero attached hydrogens (tertiary/aromatic N) is 1. The first-order valence-corrected chi connectivity index (χ1v) is 6.36. The van der Waals surface area contributed by atoms with Crippen molar-refractivity contribution in [2.75, 3.05) is 32.8 Å². The van der Waals surface area contributed by atoms with E-state index in [0.717, 1.165) is 25.7 Å². The van der Waals surface area contributed by atoms with Gasteiger partial charge in [-0.3, -0.25) is 4.90 Å². The van der Waals surface area contributed by atoms with Crippen LogP contribution in [-0.2, 0) is 4.74 Å². The summed E-state index contributed by atoms with van der Waals surface area (Å²) < 4.78 is 5.47. The lowest BCUT2D eigenvalue weighted by molar-refractivity contribution is 0.104. The standard InChI is InChI=1S/C12H24N2O/c1-3-10(2)12-8-14(6-5-13-12)11-4-7-15-9-11/h10-13H,3-9H2,1-2H3. The van der Waals surface area contributed by atoms with Crippen LogP contribution in [0.5, 0.6) is 0 Å². The van der Waals surface area contributed by atoms with E-state index in [1.807, 2.05) is 0 Å². The molecule has 0 saturated carbocycles. The Bertz CT molecular complexity index is 192. The molecule has 3 unspecified atom stereocenters. The lowest BCUT2D eigenvalue weighted by Crippen LogP contribution is -2.56. The minimum atomic E-state index is 0.685. The van der Waals surface area contributed by atoms with Crippen LogP contribution in [0.3, 0.4) is 0 Å². The van der Waals surface area contributed by atoms with Gasteiger partial charge >= 0.3 is 0 Å². The fourth-order valence-corrected chi connectivity index (χ4v) is 2.61. The average Bonchev–Trinajstić information content (AvgIpc) is 2.82. The van der Waals surface area contributed by atoms with Crippen LogP contribution in [-0.4, -0.2) is 49.8 Å². The van der Waals surface area contributed by atoms with E-state index >= 15 is 0 Å². The third-order valence-electron chi connectivity index (χ3n) is 3.99. The lowest BCUT2D eigenvalue weighted by Gasteiger charge is -2.39. The first-order valence-electron chi connectivity index (χ1n) is 6.36. The van der Waals surface area contributed by atoms with E-state index < -0.39 is 0 Å². The first-order chi connectivity index (χ1) is 7.31. The van der Waals surface area contributed by atoms with E-state index in [2.05, 4.69) is 24.1 Å². The van der Waals surface area contributed by atoms with Crippen LogP contribution >= 0.6 is 0 Å². The molecule has 2 fully saturated rings. The summed E-state index contributed by atoms with van der Waals surface area (Å²) in [6, 6.07) is 1.38. The van der Waals surface area contributed by atoms with E-state index in [4.69, 9.17) is 4.74 Å². The summed E-state index contributed by atoms with van der Waals surface area (Å²) in [6.07, 6.45) is 2.50. The molecule has 3 heteroatoms. The van der Waals surface area contributed by atoms with Crippen molar-refractivity contribution in [3.8, 4) is 0 Å². The second kappa shape index (κ2) is 5.28. The van der Waals surface area contributed by atoms with E-state index in [-0.39, 0.29) is 0 Å². The van der Waals surface area contributed by atoms with Crippen LogP contribution in [0.25, 0.3) is 0 Å². The Morgan fingerprint density at radius 3 is 3.07 bits per heavy atom. The summed E-state index contributed by atoms with van der Waals surface area (Å²) in [5.74, 6) is 0.787.